The quantitative estimate of drug-likeness (QED) is 0.599. The Labute approximate surface area is 93.5 Å². The fourth-order valence-electron chi connectivity index (χ4n) is 1.04. The van der Waals surface area contributed by atoms with E-state index in [9.17, 15) is 4.21 Å². The Kier molecular flexibility index (Phi) is 5.53. The molecular formula is C11H17NO2S. The van der Waals surface area contributed by atoms with Gasteiger partial charge in [-0.15, -0.1) is 0 Å². The van der Waals surface area contributed by atoms with E-state index in [4.69, 9.17) is 4.28 Å². The largest absolute Gasteiger partial charge is 0.223 e. The second kappa shape index (κ2) is 6.71. The minimum atomic E-state index is -1.41. The molecule has 0 amide bonds. The van der Waals surface area contributed by atoms with E-state index in [1.165, 1.54) is 0 Å². The minimum Gasteiger partial charge on any atom is -0.223 e. The molecule has 1 aromatic rings. The summed E-state index contributed by atoms with van der Waals surface area (Å²) in [4.78, 5) is 0.685. The van der Waals surface area contributed by atoms with Gasteiger partial charge >= 0.3 is 0 Å². The minimum absolute atomic E-state index is 0.685. The molecule has 4 heteroatoms. The molecule has 15 heavy (non-hydrogen) atoms. The van der Waals surface area contributed by atoms with Gasteiger partial charge < -0.3 is 0 Å². The average Bonchev–Trinajstić information content (AvgIpc) is 2.25. The van der Waals surface area contributed by atoms with Gasteiger partial charge in [0.05, 0.1) is 4.90 Å². The molecule has 0 heterocycles. The van der Waals surface area contributed by atoms with Crippen LogP contribution < -0.4 is 5.48 Å². The van der Waals surface area contributed by atoms with E-state index in [-0.39, 0.29) is 0 Å². The van der Waals surface area contributed by atoms with Crippen molar-refractivity contribution in [1.29, 1.82) is 0 Å². The molecule has 0 fully saturated rings. The fourth-order valence-corrected chi connectivity index (χ4v) is 1.69. The molecule has 0 aromatic heterocycles. The second-order valence-electron chi connectivity index (χ2n) is 3.38. The first-order valence-corrected chi connectivity index (χ1v) is 6.20. The predicted molar refractivity (Wildman–Crippen MR) is 61.6 cm³/mol. The summed E-state index contributed by atoms with van der Waals surface area (Å²) in [6, 6.07) is 7.46. The lowest BCUT2D eigenvalue weighted by molar-refractivity contribution is 0.219. The highest BCUT2D eigenvalue weighted by Gasteiger charge is 2.03. The van der Waals surface area contributed by atoms with Crippen molar-refractivity contribution < 1.29 is 8.49 Å². The van der Waals surface area contributed by atoms with Gasteiger partial charge in [-0.1, -0.05) is 31.0 Å². The SMILES string of the molecule is CCCCNOS(=O)c1ccc(C)cc1. The lowest BCUT2D eigenvalue weighted by Gasteiger charge is -2.04. The van der Waals surface area contributed by atoms with Crippen molar-refractivity contribution in [2.24, 2.45) is 0 Å². The third-order valence-electron chi connectivity index (χ3n) is 1.98. The van der Waals surface area contributed by atoms with Crippen molar-refractivity contribution in [1.82, 2.24) is 5.48 Å². The summed E-state index contributed by atoms with van der Waals surface area (Å²) in [7, 11) is 0. The molecule has 0 saturated heterocycles. The monoisotopic (exact) mass is 227 g/mol. The van der Waals surface area contributed by atoms with Crippen molar-refractivity contribution in [2.45, 2.75) is 31.6 Å². The van der Waals surface area contributed by atoms with Crippen LogP contribution in [0.15, 0.2) is 29.2 Å². The molecule has 0 aliphatic carbocycles. The van der Waals surface area contributed by atoms with Crippen LogP contribution in [0, 0.1) is 6.92 Å². The Balaban J connectivity index is 2.37. The van der Waals surface area contributed by atoms with Gasteiger partial charge in [0.15, 0.2) is 0 Å². The summed E-state index contributed by atoms with van der Waals surface area (Å²) in [5.74, 6) is 0. The number of unbranched alkanes of at least 4 members (excludes halogenated alkanes) is 1. The molecule has 1 aromatic carbocycles. The van der Waals surface area contributed by atoms with Crippen LogP contribution in [-0.4, -0.2) is 10.8 Å². The van der Waals surface area contributed by atoms with Crippen LogP contribution in [-0.2, 0) is 15.4 Å². The maximum atomic E-state index is 11.5. The number of rotatable bonds is 6. The van der Waals surface area contributed by atoms with E-state index < -0.39 is 11.1 Å². The van der Waals surface area contributed by atoms with Crippen molar-refractivity contribution in [3.05, 3.63) is 29.8 Å². The van der Waals surface area contributed by atoms with Crippen LogP contribution in [0.1, 0.15) is 25.3 Å². The van der Waals surface area contributed by atoms with Crippen LogP contribution in [0.4, 0.5) is 0 Å². The van der Waals surface area contributed by atoms with Crippen LogP contribution >= 0.6 is 0 Å². The van der Waals surface area contributed by atoms with E-state index in [1.807, 2.05) is 31.2 Å². The molecule has 0 aliphatic heterocycles. The smallest absolute Gasteiger partial charge is 0.206 e. The van der Waals surface area contributed by atoms with Crippen LogP contribution in [0.25, 0.3) is 0 Å². The Hall–Kier alpha value is -0.710. The number of nitrogens with one attached hydrogen (secondary N) is 1. The zero-order valence-corrected chi connectivity index (χ0v) is 9.97. The molecule has 84 valence electrons. The summed E-state index contributed by atoms with van der Waals surface area (Å²) in [6.07, 6.45) is 2.11. The number of hydrogen-bond donors (Lipinski definition) is 1. The summed E-state index contributed by atoms with van der Waals surface area (Å²) in [5, 5.41) is 0. The number of aryl methyl sites for hydroxylation is 1. The van der Waals surface area contributed by atoms with E-state index in [0.29, 0.717) is 4.90 Å². The summed E-state index contributed by atoms with van der Waals surface area (Å²) >= 11 is -1.41. The van der Waals surface area contributed by atoms with Crippen LogP contribution in [0.5, 0.6) is 0 Å². The third kappa shape index (κ3) is 4.55. The van der Waals surface area contributed by atoms with E-state index in [0.717, 1.165) is 24.9 Å². The first kappa shape index (κ1) is 12.4. The van der Waals surface area contributed by atoms with Crippen molar-refractivity contribution in [3.63, 3.8) is 0 Å². The first-order valence-electron chi connectivity index (χ1n) is 5.12. The Bertz CT molecular complexity index is 311. The number of hydrogen-bond acceptors (Lipinski definition) is 3. The molecule has 1 rings (SSSR count). The lowest BCUT2D eigenvalue weighted by Crippen LogP contribution is -2.17. The highest BCUT2D eigenvalue weighted by atomic mass is 32.2. The van der Waals surface area contributed by atoms with Gasteiger partial charge in [0.1, 0.15) is 0 Å². The topological polar surface area (TPSA) is 38.3 Å². The predicted octanol–water partition coefficient (Wildman–Crippen LogP) is 2.34. The van der Waals surface area contributed by atoms with Gasteiger partial charge in [0.2, 0.25) is 11.1 Å². The van der Waals surface area contributed by atoms with E-state index in [1.54, 1.807) is 0 Å². The molecule has 0 bridgehead atoms. The maximum Gasteiger partial charge on any atom is 0.206 e. The highest BCUT2D eigenvalue weighted by Crippen LogP contribution is 2.08. The van der Waals surface area contributed by atoms with Gasteiger partial charge in [-0.25, -0.2) is 4.21 Å². The average molecular weight is 227 g/mol. The zero-order chi connectivity index (χ0) is 11.1. The molecule has 0 radical (unpaired) electrons. The molecule has 3 nitrogen and oxygen atoms in total. The van der Waals surface area contributed by atoms with Crippen LogP contribution in [0.3, 0.4) is 0 Å². The summed E-state index contributed by atoms with van der Waals surface area (Å²) < 4.78 is 16.5. The molecule has 0 saturated carbocycles. The third-order valence-corrected chi connectivity index (χ3v) is 2.91. The van der Waals surface area contributed by atoms with Gasteiger partial charge in [-0.05, 0) is 25.5 Å². The van der Waals surface area contributed by atoms with Crippen molar-refractivity contribution >= 4 is 11.1 Å². The van der Waals surface area contributed by atoms with Crippen molar-refractivity contribution in [2.75, 3.05) is 6.54 Å². The molecular weight excluding hydrogens is 210 g/mol. The highest BCUT2D eigenvalue weighted by molar-refractivity contribution is 7.80. The number of benzene rings is 1. The molecule has 1 atom stereocenters. The molecule has 0 spiro atoms. The fraction of sp³-hybridized carbons (Fsp3) is 0.455. The van der Waals surface area contributed by atoms with Gasteiger partial charge in [-0.3, -0.25) is 0 Å². The normalized spacial score (nSPS) is 12.7. The van der Waals surface area contributed by atoms with Gasteiger partial charge in [0, 0.05) is 6.54 Å². The van der Waals surface area contributed by atoms with E-state index >= 15 is 0 Å². The van der Waals surface area contributed by atoms with E-state index in [2.05, 4.69) is 12.4 Å². The lowest BCUT2D eigenvalue weighted by atomic mass is 10.2. The molecule has 0 aliphatic rings. The Morgan fingerprint density at radius 1 is 1.33 bits per heavy atom. The summed E-state index contributed by atoms with van der Waals surface area (Å²) in [5.41, 5.74) is 3.85. The first-order chi connectivity index (χ1) is 7.24. The Morgan fingerprint density at radius 2 is 2.00 bits per heavy atom. The summed E-state index contributed by atoms with van der Waals surface area (Å²) in [6.45, 7) is 4.82. The molecule has 1 N–H and O–H groups in total. The number of hydroxylamine groups is 1. The van der Waals surface area contributed by atoms with Gasteiger partial charge in [0.25, 0.3) is 0 Å². The standard InChI is InChI=1S/C11H17NO2S/c1-3-4-9-12-14-15(13)11-7-5-10(2)6-8-11/h5-8,12H,3-4,9H2,1-2H3. The van der Waals surface area contributed by atoms with Crippen LogP contribution in [0.2, 0.25) is 0 Å². The van der Waals surface area contributed by atoms with Crippen molar-refractivity contribution in [3.8, 4) is 0 Å². The zero-order valence-electron chi connectivity index (χ0n) is 9.16. The van der Waals surface area contributed by atoms with Gasteiger partial charge in [-0.2, -0.15) is 9.76 Å². The second-order valence-corrected chi connectivity index (χ2v) is 4.49. The molecule has 1 unspecified atom stereocenters. The maximum absolute atomic E-state index is 11.5. The Morgan fingerprint density at radius 3 is 2.60 bits per heavy atom.